The number of hydrogen-bond donors (Lipinski definition) is 2. The van der Waals surface area contributed by atoms with Gasteiger partial charge in [-0.2, -0.15) is 0 Å². The van der Waals surface area contributed by atoms with Crippen molar-refractivity contribution in [2.24, 2.45) is 0 Å². The lowest BCUT2D eigenvalue weighted by molar-refractivity contribution is -0.132. The number of esters is 4. The van der Waals surface area contributed by atoms with E-state index in [9.17, 15) is 38.4 Å². The Morgan fingerprint density at radius 2 is 0.614 bits per heavy atom. The zero-order chi connectivity index (χ0) is 50.7. The molecule has 366 valence electrons. The molecule has 70 heavy (non-hydrogen) atoms. The third-order valence-corrected chi connectivity index (χ3v) is 9.80. The van der Waals surface area contributed by atoms with E-state index in [-0.39, 0.29) is 36.7 Å². The predicted octanol–water partition coefficient (Wildman–Crippen LogP) is 6.99. The summed E-state index contributed by atoms with van der Waals surface area (Å²) in [5.74, 6) is -1.36. The number of rotatable bonds is 25. The van der Waals surface area contributed by atoms with E-state index in [4.69, 9.17) is 18.9 Å². The summed E-state index contributed by atoms with van der Waals surface area (Å²) in [6.07, 6.45) is 14.3. The van der Waals surface area contributed by atoms with Gasteiger partial charge in [0.2, 0.25) is 23.6 Å². The van der Waals surface area contributed by atoms with E-state index in [1.54, 1.807) is 131 Å². The van der Waals surface area contributed by atoms with Gasteiger partial charge in [0.1, 0.15) is 23.0 Å². The Morgan fingerprint density at radius 3 is 0.871 bits per heavy atom. The van der Waals surface area contributed by atoms with Crippen LogP contribution in [0.2, 0.25) is 0 Å². The van der Waals surface area contributed by atoms with Gasteiger partial charge in [-0.3, -0.25) is 38.4 Å². The van der Waals surface area contributed by atoms with Crippen LogP contribution in [0.1, 0.15) is 75.6 Å². The molecule has 0 fully saturated rings. The molecule has 0 unspecified atom stereocenters. The van der Waals surface area contributed by atoms with Gasteiger partial charge in [-0.1, -0.05) is 48.5 Å². The number of ether oxygens (including phenoxy) is 4. The highest BCUT2D eigenvalue weighted by atomic mass is 16.5. The molecule has 0 saturated carbocycles. The molecule has 4 rings (SSSR count). The van der Waals surface area contributed by atoms with Crippen LogP contribution in [0.3, 0.4) is 0 Å². The molecule has 0 atom stereocenters. The van der Waals surface area contributed by atoms with Crippen molar-refractivity contribution in [1.82, 2.24) is 20.4 Å². The van der Waals surface area contributed by atoms with E-state index in [0.29, 0.717) is 86.0 Å². The van der Waals surface area contributed by atoms with Crippen molar-refractivity contribution in [2.75, 3.05) is 39.3 Å². The van der Waals surface area contributed by atoms with Crippen molar-refractivity contribution in [3.63, 3.8) is 0 Å². The molecule has 0 heterocycles. The second kappa shape index (κ2) is 29.4. The highest BCUT2D eigenvalue weighted by molar-refractivity contribution is 5.93. The van der Waals surface area contributed by atoms with Crippen LogP contribution in [0.5, 0.6) is 23.0 Å². The SMILES string of the molecule is CC(=O)Oc1ccc(/C=C/C(=O)NCCCN(CCCCN(CCCNC(=O)/C=C/c2ccc(OC(C)=O)cc2)C(=O)/C=C/c2ccc(OC(C)=O)cc2)C(=O)/C=C/c2ccc(OC(C)=O)cc2)cc1. The van der Waals surface area contributed by atoms with Gasteiger partial charge in [-0.05, 0) is 121 Å². The quantitative estimate of drug-likeness (QED) is 0.0299. The zero-order valence-electron chi connectivity index (χ0n) is 39.7. The number of hydrogen-bond acceptors (Lipinski definition) is 12. The number of nitrogens with one attached hydrogen (secondary N) is 2. The third-order valence-electron chi connectivity index (χ3n) is 9.80. The van der Waals surface area contributed by atoms with E-state index in [1.165, 1.54) is 52.0 Å². The molecule has 0 aliphatic rings. The molecule has 0 aliphatic carbocycles. The van der Waals surface area contributed by atoms with Crippen LogP contribution in [-0.2, 0) is 38.4 Å². The number of amides is 4. The average molecular weight is 955 g/mol. The van der Waals surface area contributed by atoms with E-state index in [0.717, 1.165) is 11.1 Å². The van der Waals surface area contributed by atoms with Crippen molar-refractivity contribution in [3.8, 4) is 23.0 Å². The fourth-order valence-electron chi connectivity index (χ4n) is 6.49. The number of benzene rings is 4. The first-order valence-corrected chi connectivity index (χ1v) is 22.6. The first-order chi connectivity index (χ1) is 33.6. The monoisotopic (exact) mass is 954 g/mol. The average Bonchev–Trinajstić information content (AvgIpc) is 3.32. The van der Waals surface area contributed by atoms with Gasteiger partial charge in [-0.25, -0.2) is 0 Å². The Labute approximate surface area is 407 Å². The van der Waals surface area contributed by atoms with Crippen LogP contribution in [0.25, 0.3) is 24.3 Å². The number of nitrogens with zero attached hydrogens (tertiary/aromatic N) is 2. The molecule has 0 spiro atoms. The summed E-state index contributed by atoms with van der Waals surface area (Å²) in [4.78, 5) is 101. The summed E-state index contributed by atoms with van der Waals surface area (Å²) in [5.41, 5.74) is 2.90. The van der Waals surface area contributed by atoms with Gasteiger partial charge in [0.05, 0.1) is 0 Å². The van der Waals surface area contributed by atoms with E-state index in [2.05, 4.69) is 10.6 Å². The Kier molecular flexibility index (Phi) is 22.7. The first-order valence-electron chi connectivity index (χ1n) is 22.6. The van der Waals surface area contributed by atoms with Crippen LogP contribution in [-0.4, -0.2) is 96.6 Å². The second-order valence-electron chi connectivity index (χ2n) is 15.6. The summed E-state index contributed by atoms with van der Waals surface area (Å²) < 4.78 is 20.3. The molecule has 16 nitrogen and oxygen atoms in total. The topological polar surface area (TPSA) is 204 Å². The molecule has 0 bridgehead atoms. The minimum Gasteiger partial charge on any atom is -0.427 e. The fraction of sp³-hybridized carbons (Fsp3) is 0.259. The van der Waals surface area contributed by atoms with Gasteiger partial charge in [0.15, 0.2) is 0 Å². The standard InChI is InChI=1S/C54H58N4O12/c1-39(59)67-47-21-9-43(10-22-47)17-29-51(63)55-33-7-37-57(53(65)31-19-45-13-25-49(26-14-45)69-41(3)61)35-5-6-36-58(54(66)32-20-46-15-27-50(28-16-46)70-42(4)62)38-8-34-56-52(64)30-18-44-11-23-48(24-12-44)68-40(2)60/h9-32H,5-8,33-38H2,1-4H3,(H,55,63)(H,56,64)/b29-17+,30-18+,31-19+,32-20+. The molecule has 16 heteroatoms. The Hall–Kier alpha value is -8.40. The number of carbonyl (C=O) groups is 8. The predicted molar refractivity (Wildman–Crippen MR) is 265 cm³/mol. The molecule has 4 amide bonds. The highest BCUT2D eigenvalue weighted by Gasteiger charge is 2.14. The molecule has 4 aromatic rings. The van der Waals surface area contributed by atoms with Crippen LogP contribution >= 0.6 is 0 Å². The van der Waals surface area contributed by atoms with Gasteiger partial charge in [0, 0.05) is 91.3 Å². The molecule has 0 aliphatic heterocycles. The van der Waals surface area contributed by atoms with Crippen molar-refractivity contribution in [1.29, 1.82) is 0 Å². The third kappa shape index (κ3) is 21.9. The van der Waals surface area contributed by atoms with Gasteiger partial charge in [0.25, 0.3) is 0 Å². The summed E-state index contributed by atoms with van der Waals surface area (Å²) in [6, 6.07) is 26.8. The van der Waals surface area contributed by atoms with E-state index in [1.807, 2.05) is 0 Å². The lowest BCUT2D eigenvalue weighted by Gasteiger charge is -2.24. The maximum Gasteiger partial charge on any atom is 0.308 e. The molecule has 0 radical (unpaired) electrons. The summed E-state index contributed by atoms with van der Waals surface area (Å²) in [7, 11) is 0. The molecule has 2 N–H and O–H groups in total. The van der Waals surface area contributed by atoms with Crippen molar-refractivity contribution >= 4 is 71.8 Å². The minimum atomic E-state index is -0.446. The molecular formula is C54H58N4O12. The molecule has 4 aromatic carbocycles. The number of carbonyl (C=O) groups excluding carboxylic acids is 8. The van der Waals surface area contributed by atoms with Crippen molar-refractivity contribution < 1.29 is 57.3 Å². The van der Waals surface area contributed by atoms with E-state index < -0.39 is 23.9 Å². The van der Waals surface area contributed by atoms with Crippen LogP contribution in [0.4, 0.5) is 0 Å². The maximum absolute atomic E-state index is 13.6. The normalized spacial score (nSPS) is 11.1. The number of unbranched alkanes of at least 4 members (excludes halogenated alkanes) is 1. The summed E-state index contributed by atoms with van der Waals surface area (Å²) in [6.45, 7) is 7.18. The maximum atomic E-state index is 13.6. The van der Waals surface area contributed by atoms with Crippen molar-refractivity contribution in [3.05, 3.63) is 144 Å². The van der Waals surface area contributed by atoms with Crippen LogP contribution < -0.4 is 29.6 Å². The second-order valence-corrected chi connectivity index (χ2v) is 15.6. The Bertz CT molecular complexity index is 2350. The van der Waals surface area contributed by atoms with Gasteiger partial charge < -0.3 is 39.4 Å². The molecule has 0 aromatic heterocycles. The molecule has 0 saturated heterocycles. The molecular weight excluding hydrogens is 897 g/mol. The fourth-order valence-corrected chi connectivity index (χ4v) is 6.49. The minimum absolute atomic E-state index is 0.258. The van der Waals surface area contributed by atoms with Crippen molar-refractivity contribution in [2.45, 2.75) is 53.4 Å². The summed E-state index contributed by atoms with van der Waals surface area (Å²) in [5, 5.41) is 5.68. The van der Waals surface area contributed by atoms with Crippen LogP contribution in [0.15, 0.2) is 121 Å². The van der Waals surface area contributed by atoms with Crippen LogP contribution in [0, 0.1) is 0 Å². The Balaban J connectivity index is 1.37. The van der Waals surface area contributed by atoms with E-state index >= 15 is 0 Å². The lowest BCUT2D eigenvalue weighted by atomic mass is 10.2. The smallest absolute Gasteiger partial charge is 0.308 e. The Morgan fingerprint density at radius 1 is 0.371 bits per heavy atom. The largest absolute Gasteiger partial charge is 0.427 e. The first kappa shape index (κ1) is 54.2. The summed E-state index contributed by atoms with van der Waals surface area (Å²) >= 11 is 0. The van der Waals surface area contributed by atoms with Gasteiger partial charge in [-0.15, -0.1) is 0 Å². The van der Waals surface area contributed by atoms with Gasteiger partial charge >= 0.3 is 23.9 Å². The zero-order valence-corrected chi connectivity index (χ0v) is 39.7. The highest BCUT2D eigenvalue weighted by Crippen LogP contribution is 2.17. The lowest BCUT2D eigenvalue weighted by Crippen LogP contribution is -2.36.